The van der Waals surface area contributed by atoms with Crippen molar-refractivity contribution < 1.29 is 26.7 Å². The Hall–Kier alpha value is -3.43. The summed E-state index contributed by atoms with van der Waals surface area (Å²) in [5.41, 5.74) is -0.990. The van der Waals surface area contributed by atoms with Crippen LogP contribution in [0.4, 0.5) is 39.1 Å². The lowest BCUT2D eigenvalue weighted by molar-refractivity contribution is -0.141. The first-order chi connectivity index (χ1) is 13.1. The van der Waals surface area contributed by atoms with E-state index in [1.807, 2.05) is 0 Å². The number of amides is 1. The lowest BCUT2D eigenvalue weighted by Crippen LogP contribution is -2.16. The smallest absolute Gasteiger partial charge is 0.352 e. The monoisotopic (exact) mass is 396 g/mol. The molecule has 0 atom stereocenters. The Morgan fingerprint density at radius 3 is 2.39 bits per heavy atom. The molecule has 3 rings (SSSR count). The number of carbonyl (C=O) groups excluding carboxylic acids is 1. The maximum absolute atomic E-state index is 13.9. The Bertz CT molecular complexity index is 1030. The van der Waals surface area contributed by atoms with E-state index in [0.29, 0.717) is 12.1 Å². The number of benzene rings is 2. The van der Waals surface area contributed by atoms with Crippen LogP contribution in [0.1, 0.15) is 16.1 Å². The number of anilines is 3. The molecule has 28 heavy (non-hydrogen) atoms. The van der Waals surface area contributed by atoms with Gasteiger partial charge in [-0.2, -0.15) is 18.3 Å². The Morgan fingerprint density at radius 1 is 1.04 bits per heavy atom. The van der Waals surface area contributed by atoms with Gasteiger partial charge in [-0.1, -0.05) is 12.1 Å². The van der Waals surface area contributed by atoms with Crippen LogP contribution in [0.15, 0.2) is 48.5 Å². The predicted molar refractivity (Wildman–Crippen MR) is 92.2 cm³/mol. The van der Waals surface area contributed by atoms with E-state index in [0.717, 1.165) is 16.8 Å². The van der Waals surface area contributed by atoms with Gasteiger partial charge in [-0.3, -0.25) is 9.48 Å². The summed E-state index contributed by atoms with van der Waals surface area (Å²) in [6.07, 6.45) is -4.65. The number of halogens is 5. The second kappa shape index (κ2) is 7.29. The zero-order valence-corrected chi connectivity index (χ0v) is 14.3. The van der Waals surface area contributed by atoms with Gasteiger partial charge in [0, 0.05) is 19.2 Å². The maximum atomic E-state index is 13.9. The number of hydrogen-bond donors (Lipinski definition) is 2. The van der Waals surface area contributed by atoms with Crippen molar-refractivity contribution in [2.75, 3.05) is 10.6 Å². The predicted octanol–water partition coefficient (Wildman–Crippen LogP) is 4.71. The number of para-hydroxylation sites is 1. The van der Waals surface area contributed by atoms with Gasteiger partial charge in [-0.25, -0.2) is 8.78 Å². The van der Waals surface area contributed by atoms with E-state index in [4.69, 9.17) is 0 Å². The van der Waals surface area contributed by atoms with Crippen LogP contribution in [-0.4, -0.2) is 15.7 Å². The molecule has 0 saturated carbocycles. The zero-order chi connectivity index (χ0) is 20.5. The van der Waals surface area contributed by atoms with Crippen LogP contribution in [0.3, 0.4) is 0 Å². The third-order valence-electron chi connectivity index (χ3n) is 3.78. The third-order valence-corrected chi connectivity index (χ3v) is 3.78. The quantitative estimate of drug-likeness (QED) is 0.628. The fraction of sp³-hybridized carbons (Fsp3) is 0.111. The van der Waals surface area contributed by atoms with Crippen LogP contribution in [0, 0.1) is 11.6 Å². The zero-order valence-electron chi connectivity index (χ0n) is 14.3. The Labute approximate surface area is 155 Å². The Kier molecular flexibility index (Phi) is 5.04. The van der Waals surface area contributed by atoms with Crippen LogP contribution in [0.5, 0.6) is 0 Å². The van der Waals surface area contributed by atoms with Gasteiger partial charge in [0.15, 0.2) is 5.69 Å². The van der Waals surface area contributed by atoms with E-state index in [2.05, 4.69) is 15.7 Å². The molecular weight excluding hydrogens is 383 g/mol. The van der Waals surface area contributed by atoms with Crippen molar-refractivity contribution >= 4 is 23.1 Å². The van der Waals surface area contributed by atoms with Gasteiger partial charge in [0.1, 0.15) is 17.5 Å². The molecule has 0 saturated heterocycles. The summed E-state index contributed by atoms with van der Waals surface area (Å²) in [6.45, 7) is 0. The summed E-state index contributed by atoms with van der Waals surface area (Å²) in [7, 11) is 1.25. The molecule has 2 N–H and O–H groups in total. The number of rotatable bonds is 4. The molecule has 0 radical (unpaired) electrons. The summed E-state index contributed by atoms with van der Waals surface area (Å²) in [5, 5.41) is 8.33. The maximum Gasteiger partial charge on any atom is 0.435 e. The lowest BCUT2D eigenvalue weighted by atomic mass is 10.1. The van der Waals surface area contributed by atoms with E-state index in [1.54, 1.807) is 6.07 Å². The van der Waals surface area contributed by atoms with Crippen molar-refractivity contribution in [3.63, 3.8) is 0 Å². The normalized spacial score (nSPS) is 11.4. The average Bonchev–Trinajstić information content (AvgIpc) is 2.99. The number of carbonyl (C=O) groups is 1. The average molecular weight is 396 g/mol. The molecule has 0 aliphatic heterocycles. The molecule has 3 aromatic rings. The highest BCUT2D eigenvalue weighted by atomic mass is 19.4. The molecule has 0 aliphatic rings. The number of hydrogen-bond acceptors (Lipinski definition) is 3. The molecule has 5 nitrogen and oxygen atoms in total. The van der Waals surface area contributed by atoms with Gasteiger partial charge in [-0.15, -0.1) is 0 Å². The third kappa shape index (κ3) is 4.11. The summed E-state index contributed by atoms with van der Waals surface area (Å²) >= 11 is 0. The molecule has 2 aromatic carbocycles. The molecular formula is C18H13F5N4O. The van der Waals surface area contributed by atoms with E-state index < -0.39 is 29.4 Å². The fourth-order valence-electron chi connectivity index (χ4n) is 2.43. The number of aromatic nitrogens is 2. The Morgan fingerprint density at radius 2 is 1.75 bits per heavy atom. The standard InChI is InChI=1S/C18H13F5N4O/c1-27-16(9-15(26-27)18(21,22)23)25-17(28)11-4-2-3-5-13(11)24-14-7-6-10(19)8-12(14)20/h2-9,24H,1H3,(H,25,28). The van der Waals surface area contributed by atoms with Gasteiger partial charge in [0.25, 0.3) is 5.91 Å². The largest absolute Gasteiger partial charge is 0.435 e. The highest BCUT2D eigenvalue weighted by Crippen LogP contribution is 2.30. The van der Waals surface area contributed by atoms with E-state index in [9.17, 15) is 26.7 Å². The first-order valence-electron chi connectivity index (χ1n) is 7.89. The molecule has 1 aromatic heterocycles. The van der Waals surface area contributed by atoms with Crippen LogP contribution >= 0.6 is 0 Å². The molecule has 1 heterocycles. The number of aryl methyl sites for hydroxylation is 1. The Balaban J connectivity index is 1.86. The van der Waals surface area contributed by atoms with Gasteiger partial charge in [0.2, 0.25) is 0 Å². The van der Waals surface area contributed by atoms with Crippen molar-refractivity contribution in [2.45, 2.75) is 6.18 Å². The topological polar surface area (TPSA) is 59.0 Å². The fourth-order valence-corrected chi connectivity index (χ4v) is 2.43. The van der Waals surface area contributed by atoms with Crippen molar-refractivity contribution in [3.05, 3.63) is 71.4 Å². The molecule has 10 heteroatoms. The molecule has 0 fully saturated rings. The van der Waals surface area contributed by atoms with Gasteiger partial charge >= 0.3 is 6.18 Å². The minimum Gasteiger partial charge on any atom is -0.352 e. The second-order valence-electron chi connectivity index (χ2n) is 5.79. The van der Waals surface area contributed by atoms with E-state index in [1.165, 1.54) is 25.2 Å². The number of nitrogens with zero attached hydrogens (tertiary/aromatic N) is 2. The second-order valence-corrected chi connectivity index (χ2v) is 5.79. The first kappa shape index (κ1) is 19.3. The molecule has 0 aliphatic carbocycles. The molecule has 0 unspecified atom stereocenters. The van der Waals surface area contributed by atoms with Crippen LogP contribution < -0.4 is 10.6 Å². The van der Waals surface area contributed by atoms with E-state index >= 15 is 0 Å². The van der Waals surface area contributed by atoms with Crippen molar-refractivity contribution in [1.29, 1.82) is 0 Å². The molecule has 0 bridgehead atoms. The lowest BCUT2D eigenvalue weighted by Gasteiger charge is -2.13. The van der Waals surface area contributed by atoms with Crippen molar-refractivity contribution in [2.24, 2.45) is 7.05 Å². The molecule has 146 valence electrons. The van der Waals surface area contributed by atoms with Crippen LogP contribution in [0.2, 0.25) is 0 Å². The summed E-state index contributed by atoms with van der Waals surface area (Å²) < 4.78 is 66.0. The van der Waals surface area contributed by atoms with Crippen molar-refractivity contribution in [3.8, 4) is 0 Å². The minimum absolute atomic E-state index is 0.0426. The highest BCUT2D eigenvalue weighted by molar-refractivity contribution is 6.08. The van der Waals surface area contributed by atoms with Gasteiger partial charge in [-0.05, 0) is 24.3 Å². The molecule has 1 amide bonds. The van der Waals surface area contributed by atoms with Gasteiger partial charge in [0.05, 0.1) is 16.9 Å². The van der Waals surface area contributed by atoms with Crippen LogP contribution in [0.25, 0.3) is 0 Å². The first-order valence-corrected chi connectivity index (χ1v) is 7.89. The minimum atomic E-state index is -4.65. The SMILES string of the molecule is Cn1nc(C(F)(F)F)cc1NC(=O)c1ccccc1Nc1ccc(F)cc1F. The van der Waals surface area contributed by atoms with E-state index in [-0.39, 0.29) is 22.8 Å². The molecule has 0 spiro atoms. The summed E-state index contributed by atoms with van der Waals surface area (Å²) in [6, 6.07) is 9.57. The summed E-state index contributed by atoms with van der Waals surface area (Å²) in [5.74, 6) is -2.52. The number of nitrogens with one attached hydrogen (secondary N) is 2. The van der Waals surface area contributed by atoms with Crippen molar-refractivity contribution in [1.82, 2.24) is 9.78 Å². The summed E-state index contributed by atoms with van der Waals surface area (Å²) in [4.78, 5) is 12.5. The number of alkyl halides is 3. The van der Waals surface area contributed by atoms with Crippen LogP contribution in [-0.2, 0) is 13.2 Å². The van der Waals surface area contributed by atoms with Gasteiger partial charge < -0.3 is 10.6 Å². The highest BCUT2D eigenvalue weighted by Gasteiger charge is 2.34.